The Morgan fingerprint density at radius 1 is 1.42 bits per heavy atom. The van der Waals surface area contributed by atoms with E-state index in [-0.39, 0.29) is 19.3 Å². The molecular formula is C9H20O3. The molecule has 0 rings (SSSR count). The number of rotatable bonds is 4. The van der Waals surface area contributed by atoms with Gasteiger partial charge >= 0.3 is 0 Å². The summed E-state index contributed by atoms with van der Waals surface area (Å²) in [5.41, 5.74) is 0.898. The van der Waals surface area contributed by atoms with Crippen LogP contribution in [0.1, 0.15) is 26.7 Å². The molecule has 0 aromatic rings. The van der Waals surface area contributed by atoms with Crippen molar-refractivity contribution >= 4 is 0 Å². The molecule has 0 spiro atoms. The topological polar surface area (TPSA) is 60.7 Å². The maximum absolute atomic E-state index is 8.39. The third-order valence-electron chi connectivity index (χ3n) is 1.27. The largest absolute Gasteiger partial charge is 0.396 e. The molecule has 0 aliphatic heterocycles. The lowest BCUT2D eigenvalue weighted by Gasteiger charge is -1.95. The normalized spacial score (nSPS) is 11.4. The fourth-order valence-corrected chi connectivity index (χ4v) is 0.299. The predicted octanol–water partition coefficient (Wildman–Crippen LogP) is 0.694. The molecule has 3 heteroatoms. The van der Waals surface area contributed by atoms with E-state index in [1.54, 1.807) is 6.92 Å². The Morgan fingerprint density at radius 2 is 1.92 bits per heavy atom. The predicted molar refractivity (Wildman–Crippen MR) is 49.9 cm³/mol. The van der Waals surface area contributed by atoms with Crippen LogP contribution in [0.15, 0.2) is 12.2 Å². The van der Waals surface area contributed by atoms with Gasteiger partial charge in [-0.05, 0) is 19.8 Å². The van der Waals surface area contributed by atoms with Gasteiger partial charge in [0.15, 0.2) is 0 Å². The summed E-state index contributed by atoms with van der Waals surface area (Å²) in [6.07, 6.45) is 1.02. The van der Waals surface area contributed by atoms with E-state index in [4.69, 9.17) is 15.3 Å². The van der Waals surface area contributed by atoms with Gasteiger partial charge in [-0.2, -0.15) is 0 Å². The number of aliphatic hydroxyl groups excluding tert-OH is 3. The van der Waals surface area contributed by atoms with E-state index in [2.05, 4.69) is 6.58 Å². The summed E-state index contributed by atoms with van der Waals surface area (Å²) in [7, 11) is 0. The van der Waals surface area contributed by atoms with Gasteiger partial charge in [0, 0.05) is 6.61 Å². The van der Waals surface area contributed by atoms with Crippen LogP contribution < -0.4 is 0 Å². The first-order chi connectivity index (χ1) is 5.58. The molecule has 0 amide bonds. The smallest absolute Gasteiger partial charge is 0.0639 e. The average Bonchev–Trinajstić information content (AvgIpc) is 2.04. The van der Waals surface area contributed by atoms with Crippen LogP contribution in [0.5, 0.6) is 0 Å². The van der Waals surface area contributed by atoms with Gasteiger partial charge in [0.1, 0.15) is 0 Å². The van der Waals surface area contributed by atoms with Gasteiger partial charge in [-0.1, -0.05) is 19.1 Å². The van der Waals surface area contributed by atoms with Crippen molar-refractivity contribution in [2.75, 3.05) is 13.2 Å². The fraction of sp³-hybridized carbons (Fsp3) is 0.778. The number of aliphatic hydroxyl groups is 3. The zero-order valence-corrected chi connectivity index (χ0v) is 7.95. The molecule has 0 radical (unpaired) electrons. The summed E-state index contributed by atoms with van der Waals surface area (Å²) < 4.78 is 0. The lowest BCUT2D eigenvalue weighted by Crippen LogP contribution is -2.00. The van der Waals surface area contributed by atoms with Crippen LogP contribution >= 0.6 is 0 Å². The first-order valence-corrected chi connectivity index (χ1v) is 4.14. The highest BCUT2D eigenvalue weighted by Crippen LogP contribution is 1.90. The van der Waals surface area contributed by atoms with Crippen molar-refractivity contribution in [3.63, 3.8) is 0 Å². The number of hydrogen-bond acceptors (Lipinski definition) is 3. The highest BCUT2D eigenvalue weighted by atomic mass is 16.3. The van der Waals surface area contributed by atoms with E-state index in [1.807, 2.05) is 6.92 Å². The summed E-state index contributed by atoms with van der Waals surface area (Å²) in [6, 6.07) is 0. The monoisotopic (exact) mass is 176 g/mol. The molecule has 0 fully saturated rings. The van der Waals surface area contributed by atoms with Crippen LogP contribution in [0, 0.1) is 0 Å². The van der Waals surface area contributed by atoms with Gasteiger partial charge in [0.25, 0.3) is 0 Å². The van der Waals surface area contributed by atoms with Gasteiger partial charge in [-0.15, -0.1) is 0 Å². The van der Waals surface area contributed by atoms with Crippen LogP contribution in [0.2, 0.25) is 0 Å². The molecule has 0 aliphatic carbocycles. The SMILES string of the molecule is C=C(CC)CO.CC(O)CCO. The molecule has 74 valence electrons. The van der Waals surface area contributed by atoms with Crippen LogP contribution in [-0.4, -0.2) is 34.6 Å². The molecule has 0 saturated carbocycles. The second-order valence-electron chi connectivity index (χ2n) is 2.62. The fourth-order valence-electron chi connectivity index (χ4n) is 0.299. The molecule has 3 nitrogen and oxygen atoms in total. The minimum absolute atomic E-state index is 0.0810. The summed E-state index contributed by atoms with van der Waals surface area (Å²) >= 11 is 0. The van der Waals surface area contributed by atoms with Crippen LogP contribution in [0.3, 0.4) is 0 Å². The van der Waals surface area contributed by atoms with Crippen LogP contribution in [0.4, 0.5) is 0 Å². The second kappa shape index (κ2) is 10.6. The van der Waals surface area contributed by atoms with E-state index < -0.39 is 0 Å². The van der Waals surface area contributed by atoms with Gasteiger partial charge < -0.3 is 15.3 Å². The van der Waals surface area contributed by atoms with Crippen molar-refractivity contribution in [2.45, 2.75) is 32.8 Å². The minimum atomic E-state index is -0.352. The summed E-state index contributed by atoms with van der Waals surface area (Å²) in [6.45, 7) is 7.38. The second-order valence-corrected chi connectivity index (χ2v) is 2.62. The molecule has 1 atom stereocenters. The quantitative estimate of drug-likeness (QED) is 0.552. The third-order valence-corrected chi connectivity index (χ3v) is 1.27. The Bertz CT molecular complexity index is 93.9. The van der Waals surface area contributed by atoms with Gasteiger partial charge in [-0.3, -0.25) is 0 Å². The maximum atomic E-state index is 8.39. The van der Waals surface area contributed by atoms with Crippen molar-refractivity contribution in [3.8, 4) is 0 Å². The molecule has 12 heavy (non-hydrogen) atoms. The average molecular weight is 176 g/mol. The van der Waals surface area contributed by atoms with Crippen LogP contribution in [-0.2, 0) is 0 Å². The molecule has 0 aromatic carbocycles. The van der Waals surface area contributed by atoms with E-state index in [0.717, 1.165) is 12.0 Å². The first kappa shape index (κ1) is 14.2. The Labute approximate surface area is 74.4 Å². The third kappa shape index (κ3) is 16.3. The molecule has 1 unspecified atom stereocenters. The zero-order valence-electron chi connectivity index (χ0n) is 7.95. The molecule has 0 bridgehead atoms. The first-order valence-electron chi connectivity index (χ1n) is 4.14. The standard InChI is InChI=1S/C5H10O.C4H10O2/c1-3-5(2)4-6;1-4(6)2-3-5/h6H,2-4H2,1H3;4-6H,2-3H2,1H3. The molecule has 3 N–H and O–H groups in total. The Balaban J connectivity index is 0. The van der Waals surface area contributed by atoms with Crippen molar-refractivity contribution < 1.29 is 15.3 Å². The Morgan fingerprint density at radius 3 is 1.92 bits per heavy atom. The van der Waals surface area contributed by atoms with E-state index in [0.29, 0.717) is 6.42 Å². The Hall–Kier alpha value is -0.380. The van der Waals surface area contributed by atoms with E-state index in [9.17, 15) is 0 Å². The molecular weight excluding hydrogens is 156 g/mol. The summed E-state index contributed by atoms with van der Waals surface area (Å²) in [5, 5.41) is 24.7. The summed E-state index contributed by atoms with van der Waals surface area (Å²) in [4.78, 5) is 0. The van der Waals surface area contributed by atoms with Gasteiger partial charge in [0.2, 0.25) is 0 Å². The molecule has 0 aliphatic rings. The highest BCUT2D eigenvalue weighted by Gasteiger charge is 1.88. The van der Waals surface area contributed by atoms with Crippen molar-refractivity contribution in [2.24, 2.45) is 0 Å². The van der Waals surface area contributed by atoms with Gasteiger partial charge in [-0.25, -0.2) is 0 Å². The zero-order chi connectivity index (χ0) is 9.98. The maximum Gasteiger partial charge on any atom is 0.0639 e. The van der Waals surface area contributed by atoms with E-state index >= 15 is 0 Å². The van der Waals surface area contributed by atoms with Crippen molar-refractivity contribution in [1.29, 1.82) is 0 Å². The van der Waals surface area contributed by atoms with Crippen molar-refractivity contribution in [3.05, 3.63) is 12.2 Å². The Kier molecular flexibility index (Phi) is 12.5. The van der Waals surface area contributed by atoms with E-state index in [1.165, 1.54) is 0 Å². The lowest BCUT2D eigenvalue weighted by atomic mass is 10.3. The minimum Gasteiger partial charge on any atom is -0.396 e. The molecule has 0 saturated heterocycles. The molecule has 0 heterocycles. The molecule has 0 aromatic heterocycles. The highest BCUT2D eigenvalue weighted by molar-refractivity contribution is 4.90. The van der Waals surface area contributed by atoms with Crippen molar-refractivity contribution in [1.82, 2.24) is 0 Å². The van der Waals surface area contributed by atoms with Crippen LogP contribution in [0.25, 0.3) is 0 Å². The number of hydrogen-bond donors (Lipinski definition) is 3. The lowest BCUT2D eigenvalue weighted by molar-refractivity contribution is 0.148. The van der Waals surface area contributed by atoms with Gasteiger partial charge in [0.05, 0.1) is 12.7 Å². The summed E-state index contributed by atoms with van der Waals surface area (Å²) in [5.74, 6) is 0.